The van der Waals surface area contributed by atoms with Gasteiger partial charge in [-0.2, -0.15) is 0 Å². The van der Waals surface area contributed by atoms with Crippen LogP contribution >= 0.6 is 0 Å². The number of benzene rings is 1. The van der Waals surface area contributed by atoms with Crippen molar-refractivity contribution in [2.75, 3.05) is 7.11 Å². The lowest BCUT2D eigenvalue weighted by Gasteiger charge is -2.20. The lowest BCUT2D eigenvalue weighted by Crippen LogP contribution is -2.24. The van der Waals surface area contributed by atoms with E-state index in [0.29, 0.717) is 5.75 Å². The molecule has 0 aliphatic heterocycles. The second-order valence-electron chi connectivity index (χ2n) is 4.39. The van der Waals surface area contributed by atoms with Crippen LogP contribution in [0.5, 0.6) is 11.5 Å². The Morgan fingerprint density at radius 2 is 1.94 bits per heavy atom. The first-order chi connectivity index (χ1) is 7.33. The number of carbonyl (C=O) groups excluding carboxylic acids is 1. The zero-order chi connectivity index (χ0) is 12.3. The van der Waals surface area contributed by atoms with Crippen LogP contribution in [0.3, 0.4) is 0 Å². The van der Waals surface area contributed by atoms with E-state index in [4.69, 9.17) is 9.47 Å². The normalized spacial score (nSPS) is 11.0. The molecule has 0 amide bonds. The zero-order valence-electron chi connectivity index (χ0n) is 9.90. The summed E-state index contributed by atoms with van der Waals surface area (Å²) >= 11 is 0. The van der Waals surface area contributed by atoms with E-state index in [-0.39, 0.29) is 11.3 Å². The number of carbonyl (C=O) groups is 1. The second-order valence-corrected chi connectivity index (χ2v) is 4.39. The quantitative estimate of drug-likeness (QED) is 0.783. The Bertz CT molecular complexity index is 390. The molecule has 16 heavy (non-hydrogen) atoms. The predicted octanol–water partition coefficient (Wildman–Crippen LogP) is 2.36. The van der Waals surface area contributed by atoms with Gasteiger partial charge in [-0.15, -0.1) is 0 Å². The van der Waals surface area contributed by atoms with Gasteiger partial charge in [-0.05, 0) is 39.0 Å². The molecule has 0 radical (unpaired) electrons. The first-order valence-corrected chi connectivity index (χ1v) is 4.94. The predicted molar refractivity (Wildman–Crippen MR) is 59.8 cm³/mol. The number of phenols is 1. The number of phenolic OH excluding ortho intramolecular Hbond substituents is 1. The summed E-state index contributed by atoms with van der Waals surface area (Å²) in [6, 6.07) is 4.30. The van der Waals surface area contributed by atoms with Crippen molar-refractivity contribution in [3.8, 4) is 11.5 Å². The third-order valence-corrected chi connectivity index (χ3v) is 1.80. The van der Waals surface area contributed by atoms with E-state index in [1.165, 1.54) is 25.3 Å². The Hall–Kier alpha value is -1.71. The lowest BCUT2D eigenvalue weighted by molar-refractivity contribution is 0.00661. The maximum atomic E-state index is 11.8. The van der Waals surface area contributed by atoms with E-state index in [1.54, 1.807) is 20.8 Å². The van der Waals surface area contributed by atoms with Crippen molar-refractivity contribution in [1.29, 1.82) is 0 Å². The van der Waals surface area contributed by atoms with Gasteiger partial charge in [0.15, 0.2) is 0 Å². The molecule has 1 aromatic rings. The third-order valence-electron chi connectivity index (χ3n) is 1.80. The highest BCUT2D eigenvalue weighted by atomic mass is 16.6. The van der Waals surface area contributed by atoms with Crippen LogP contribution in [0.2, 0.25) is 0 Å². The molecule has 0 fully saturated rings. The van der Waals surface area contributed by atoms with Crippen molar-refractivity contribution in [1.82, 2.24) is 0 Å². The number of ether oxygens (including phenoxy) is 2. The van der Waals surface area contributed by atoms with Gasteiger partial charge in [-0.1, -0.05) is 0 Å². The molecule has 88 valence electrons. The number of esters is 1. The molecule has 0 spiro atoms. The molecule has 0 atom stereocenters. The molecule has 1 aromatic carbocycles. The van der Waals surface area contributed by atoms with Gasteiger partial charge in [0.1, 0.15) is 22.7 Å². The van der Waals surface area contributed by atoms with E-state index < -0.39 is 11.6 Å². The van der Waals surface area contributed by atoms with Gasteiger partial charge in [-0.25, -0.2) is 4.79 Å². The third kappa shape index (κ3) is 3.15. The summed E-state index contributed by atoms with van der Waals surface area (Å²) in [7, 11) is 1.46. The molecule has 0 aliphatic carbocycles. The molecular formula is C12H16O4. The van der Waals surface area contributed by atoms with Crippen LogP contribution in [0.15, 0.2) is 18.2 Å². The molecule has 0 aromatic heterocycles. The topological polar surface area (TPSA) is 55.8 Å². The van der Waals surface area contributed by atoms with Crippen LogP contribution in [0.4, 0.5) is 0 Å². The fraction of sp³-hybridized carbons (Fsp3) is 0.417. The fourth-order valence-corrected chi connectivity index (χ4v) is 1.19. The Balaban J connectivity index is 3.02. The summed E-state index contributed by atoms with van der Waals surface area (Å²) in [6.07, 6.45) is 0. The van der Waals surface area contributed by atoms with Crippen molar-refractivity contribution in [3.63, 3.8) is 0 Å². The van der Waals surface area contributed by atoms with Crippen LogP contribution < -0.4 is 4.74 Å². The van der Waals surface area contributed by atoms with Crippen LogP contribution in [0.25, 0.3) is 0 Å². The maximum Gasteiger partial charge on any atom is 0.342 e. The summed E-state index contributed by atoms with van der Waals surface area (Å²) in [5.74, 6) is -0.131. The van der Waals surface area contributed by atoms with Crippen molar-refractivity contribution < 1.29 is 19.4 Å². The number of hydrogen-bond donors (Lipinski definition) is 1. The van der Waals surface area contributed by atoms with Gasteiger partial charge in [0, 0.05) is 0 Å². The molecular weight excluding hydrogens is 208 g/mol. The highest BCUT2D eigenvalue weighted by Gasteiger charge is 2.21. The highest BCUT2D eigenvalue weighted by Crippen LogP contribution is 2.25. The maximum absolute atomic E-state index is 11.8. The molecule has 0 saturated heterocycles. The lowest BCUT2D eigenvalue weighted by atomic mass is 10.1. The Morgan fingerprint density at radius 3 is 2.44 bits per heavy atom. The number of rotatable bonds is 2. The Morgan fingerprint density at radius 1 is 1.31 bits per heavy atom. The van der Waals surface area contributed by atoms with Crippen LogP contribution in [0.1, 0.15) is 31.1 Å². The van der Waals surface area contributed by atoms with E-state index >= 15 is 0 Å². The second kappa shape index (κ2) is 4.43. The van der Waals surface area contributed by atoms with Crippen molar-refractivity contribution >= 4 is 5.97 Å². The molecule has 0 aliphatic rings. The van der Waals surface area contributed by atoms with E-state index in [0.717, 1.165) is 0 Å². The summed E-state index contributed by atoms with van der Waals surface area (Å²) in [5, 5.41) is 9.32. The van der Waals surface area contributed by atoms with Crippen molar-refractivity contribution in [3.05, 3.63) is 23.8 Å². The molecule has 1 N–H and O–H groups in total. The van der Waals surface area contributed by atoms with Gasteiger partial charge < -0.3 is 14.6 Å². The van der Waals surface area contributed by atoms with E-state index in [1.807, 2.05) is 0 Å². The molecule has 1 rings (SSSR count). The van der Waals surface area contributed by atoms with Gasteiger partial charge in [0.2, 0.25) is 0 Å². The zero-order valence-corrected chi connectivity index (χ0v) is 9.90. The first-order valence-electron chi connectivity index (χ1n) is 4.94. The molecule has 0 bridgehead atoms. The summed E-state index contributed by atoms with van der Waals surface area (Å²) < 4.78 is 10.2. The van der Waals surface area contributed by atoms with Gasteiger partial charge in [0.25, 0.3) is 0 Å². The minimum Gasteiger partial charge on any atom is -0.508 e. The fourth-order valence-electron chi connectivity index (χ4n) is 1.19. The average molecular weight is 224 g/mol. The monoisotopic (exact) mass is 224 g/mol. The Labute approximate surface area is 94.8 Å². The number of methoxy groups -OCH3 is 1. The number of aromatic hydroxyl groups is 1. The molecule has 4 heteroatoms. The van der Waals surface area contributed by atoms with Crippen LogP contribution in [-0.4, -0.2) is 23.8 Å². The summed E-state index contributed by atoms with van der Waals surface area (Å²) in [4.78, 5) is 11.8. The summed E-state index contributed by atoms with van der Waals surface area (Å²) in [6.45, 7) is 5.33. The van der Waals surface area contributed by atoms with Crippen LogP contribution in [0, 0.1) is 0 Å². The van der Waals surface area contributed by atoms with Gasteiger partial charge in [-0.3, -0.25) is 0 Å². The summed E-state index contributed by atoms with van der Waals surface area (Å²) in [5.41, 5.74) is -0.356. The van der Waals surface area contributed by atoms with Crippen LogP contribution in [-0.2, 0) is 4.74 Å². The molecule has 4 nitrogen and oxygen atoms in total. The van der Waals surface area contributed by atoms with Crippen molar-refractivity contribution in [2.24, 2.45) is 0 Å². The molecule has 0 unspecified atom stereocenters. The Kier molecular flexibility index (Phi) is 3.42. The van der Waals surface area contributed by atoms with E-state index in [2.05, 4.69) is 0 Å². The van der Waals surface area contributed by atoms with Gasteiger partial charge in [0.05, 0.1) is 7.11 Å². The average Bonchev–Trinajstić information content (AvgIpc) is 2.15. The standard InChI is InChI=1S/C12H16O4/c1-12(2,3)16-11(14)9-7-8(13)5-6-10(9)15-4/h5-7,13H,1-4H3. The SMILES string of the molecule is COc1ccc(O)cc1C(=O)OC(C)(C)C. The smallest absolute Gasteiger partial charge is 0.342 e. The number of hydrogen-bond acceptors (Lipinski definition) is 4. The van der Waals surface area contributed by atoms with Gasteiger partial charge >= 0.3 is 5.97 Å². The molecule has 0 heterocycles. The first kappa shape index (κ1) is 12.4. The largest absolute Gasteiger partial charge is 0.508 e. The van der Waals surface area contributed by atoms with E-state index in [9.17, 15) is 9.90 Å². The minimum atomic E-state index is -0.576. The van der Waals surface area contributed by atoms with Crippen molar-refractivity contribution in [2.45, 2.75) is 26.4 Å². The highest BCUT2D eigenvalue weighted by molar-refractivity contribution is 5.93. The molecule has 0 saturated carbocycles. The minimum absolute atomic E-state index is 0.00154.